The minimum absolute atomic E-state index is 0.194. The molecule has 0 aliphatic carbocycles. The third-order valence-electron chi connectivity index (χ3n) is 4.36. The van der Waals surface area contributed by atoms with Gasteiger partial charge in [0.15, 0.2) is 0 Å². The average Bonchev–Trinajstić information content (AvgIpc) is 2.65. The van der Waals surface area contributed by atoms with Crippen LogP contribution in [0.1, 0.15) is 32.3 Å². The van der Waals surface area contributed by atoms with Crippen molar-refractivity contribution < 1.29 is 19.1 Å². The Balaban J connectivity index is 1.64. The van der Waals surface area contributed by atoms with E-state index in [2.05, 4.69) is 5.32 Å². The molecular formula is C19H28N2O4. The van der Waals surface area contributed by atoms with Crippen molar-refractivity contribution >= 4 is 12.1 Å². The Morgan fingerprint density at radius 2 is 1.88 bits per heavy atom. The molecule has 1 saturated heterocycles. The summed E-state index contributed by atoms with van der Waals surface area (Å²) in [4.78, 5) is 25.5. The van der Waals surface area contributed by atoms with Crippen LogP contribution in [0.25, 0.3) is 0 Å². The molecule has 0 bridgehead atoms. The summed E-state index contributed by atoms with van der Waals surface area (Å²) in [6.07, 6.45) is 1.49. The number of hydrogen-bond donors (Lipinski definition) is 1. The highest BCUT2D eigenvalue weighted by molar-refractivity contribution is 5.72. The lowest BCUT2D eigenvalue weighted by Gasteiger charge is -2.32. The van der Waals surface area contributed by atoms with Crippen LogP contribution in [0.3, 0.4) is 0 Å². The second-order valence-electron chi connectivity index (χ2n) is 6.36. The number of esters is 1. The fourth-order valence-electron chi connectivity index (χ4n) is 2.78. The normalized spacial score (nSPS) is 16.3. The first-order chi connectivity index (χ1) is 12.1. The third kappa shape index (κ3) is 6.38. The number of piperidine rings is 1. The van der Waals surface area contributed by atoms with Gasteiger partial charge in [0.05, 0.1) is 12.5 Å². The predicted molar refractivity (Wildman–Crippen MR) is 95.0 cm³/mol. The number of carbonyl (C=O) groups excluding carboxylic acids is 2. The maximum atomic E-state index is 12.1. The van der Waals surface area contributed by atoms with Crippen molar-refractivity contribution in [2.75, 3.05) is 26.2 Å². The lowest BCUT2D eigenvalue weighted by molar-refractivity contribution is -0.149. The Bertz CT molecular complexity index is 542. The Hall–Kier alpha value is -2.08. The van der Waals surface area contributed by atoms with E-state index in [1.807, 2.05) is 44.2 Å². The fourth-order valence-corrected chi connectivity index (χ4v) is 2.78. The molecule has 6 nitrogen and oxygen atoms in total. The van der Waals surface area contributed by atoms with Gasteiger partial charge in [-0.2, -0.15) is 0 Å². The van der Waals surface area contributed by atoms with Crippen LogP contribution in [0.4, 0.5) is 4.79 Å². The minimum atomic E-state index is -0.237. The smallest absolute Gasteiger partial charge is 0.409 e. The van der Waals surface area contributed by atoms with Crippen LogP contribution in [0, 0.1) is 5.92 Å². The largest absolute Gasteiger partial charge is 0.461 e. The van der Waals surface area contributed by atoms with Crippen LogP contribution < -0.4 is 5.32 Å². The van der Waals surface area contributed by atoms with Crippen molar-refractivity contribution in [3.8, 4) is 0 Å². The summed E-state index contributed by atoms with van der Waals surface area (Å²) < 4.78 is 10.4. The van der Waals surface area contributed by atoms with Gasteiger partial charge < -0.3 is 19.7 Å². The van der Waals surface area contributed by atoms with Gasteiger partial charge in [0.25, 0.3) is 0 Å². The third-order valence-corrected chi connectivity index (χ3v) is 4.36. The van der Waals surface area contributed by atoms with Gasteiger partial charge in [-0.15, -0.1) is 0 Å². The molecule has 0 aromatic heterocycles. The van der Waals surface area contributed by atoms with Gasteiger partial charge in [-0.1, -0.05) is 37.3 Å². The molecule has 1 N–H and O–H groups in total. The molecule has 1 aliphatic heterocycles. The maximum Gasteiger partial charge on any atom is 0.409 e. The van der Waals surface area contributed by atoms with Gasteiger partial charge in [0.1, 0.15) is 6.61 Å². The molecule has 138 valence electrons. The summed E-state index contributed by atoms with van der Waals surface area (Å²) in [6, 6.07) is 9.98. The monoisotopic (exact) mass is 348 g/mol. The van der Waals surface area contributed by atoms with E-state index in [4.69, 9.17) is 9.47 Å². The topological polar surface area (TPSA) is 67.9 Å². The maximum absolute atomic E-state index is 12.1. The number of carbonyl (C=O) groups is 2. The number of rotatable bonds is 7. The minimum Gasteiger partial charge on any atom is -0.461 e. The molecule has 0 radical (unpaired) electrons. The van der Waals surface area contributed by atoms with Crippen LogP contribution >= 0.6 is 0 Å². The average molecular weight is 348 g/mol. The number of hydrogen-bond acceptors (Lipinski definition) is 5. The number of nitrogens with one attached hydrogen (secondary N) is 1. The second kappa shape index (κ2) is 10.0. The molecule has 1 fully saturated rings. The molecule has 1 unspecified atom stereocenters. The van der Waals surface area contributed by atoms with E-state index in [0.29, 0.717) is 38.9 Å². The SMILES string of the molecule is CCOC(=O)N1CCC(NCC(C)C(=O)OCc2ccccc2)CC1. The first-order valence-corrected chi connectivity index (χ1v) is 8.95. The zero-order valence-electron chi connectivity index (χ0n) is 15.1. The number of ether oxygens (including phenoxy) is 2. The van der Waals surface area contributed by atoms with Gasteiger partial charge in [0.2, 0.25) is 0 Å². The summed E-state index contributed by atoms with van der Waals surface area (Å²) in [5, 5.41) is 3.41. The van der Waals surface area contributed by atoms with Crippen molar-refractivity contribution in [3.05, 3.63) is 35.9 Å². The van der Waals surface area contributed by atoms with Gasteiger partial charge in [-0.3, -0.25) is 4.79 Å². The molecular weight excluding hydrogens is 320 g/mol. The summed E-state index contributed by atoms with van der Waals surface area (Å²) >= 11 is 0. The van der Waals surface area contributed by atoms with E-state index in [9.17, 15) is 9.59 Å². The summed E-state index contributed by atoms with van der Waals surface area (Å²) in [5.41, 5.74) is 0.988. The molecule has 2 rings (SSSR count). The highest BCUT2D eigenvalue weighted by Crippen LogP contribution is 2.12. The molecule has 1 heterocycles. The number of amides is 1. The van der Waals surface area contributed by atoms with Crippen LogP contribution in [0.2, 0.25) is 0 Å². The quantitative estimate of drug-likeness (QED) is 0.767. The molecule has 25 heavy (non-hydrogen) atoms. The van der Waals surface area contributed by atoms with Crippen LogP contribution in [-0.2, 0) is 20.9 Å². The molecule has 6 heteroatoms. The van der Waals surface area contributed by atoms with Gasteiger partial charge >= 0.3 is 12.1 Å². The molecule has 0 spiro atoms. The summed E-state index contributed by atoms with van der Waals surface area (Å²) in [5.74, 6) is -0.396. The van der Waals surface area contributed by atoms with Gasteiger partial charge in [0, 0.05) is 25.7 Å². The zero-order valence-corrected chi connectivity index (χ0v) is 15.1. The number of likely N-dealkylation sites (tertiary alicyclic amines) is 1. The van der Waals surface area contributed by atoms with E-state index in [-0.39, 0.29) is 18.0 Å². The molecule has 1 aliphatic rings. The Morgan fingerprint density at radius 3 is 2.52 bits per heavy atom. The zero-order chi connectivity index (χ0) is 18.1. The standard InChI is InChI=1S/C19H28N2O4/c1-3-24-19(23)21-11-9-17(10-12-21)20-13-15(2)18(22)25-14-16-7-5-4-6-8-16/h4-8,15,17,20H,3,9-14H2,1-2H3. The highest BCUT2D eigenvalue weighted by Gasteiger charge is 2.24. The van der Waals surface area contributed by atoms with Crippen LogP contribution in [0.5, 0.6) is 0 Å². The van der Waals surface area contributed by atoms with Gasteiger partial charge in [-0.05, 0) is 25.3 Å². The van der Waals surface area contributed by atoms with Crippen LogP contribution in [-0.4, -0.2) is 49.2 Å². The number of benzene rings is 1. The highest BCUT2D eigenvalue weighted by atomic mass is 16.6. The molecule has 1 aromatic rings. The molecule has 1 amide bonds. The van der Waals surface area contributed by atoms with Gasteiger partial charge in [-0.25, -0.2) is 4.79 Å². The first-order valence-electron chi connectivity index (χ1n) is 8.95. The van der Waals surface area contributed by atoms with Crippen molar-refractivity contribution in [2.45, 2.75) is 39.3 Å². The lowest BCUT2D eigenvalue weighted by Crippen LogP contribution is -2.46. The van der Waals surface area contributed by atoms with E-state index in [1.165, 1.54) is 0 Å². The van der Waals surface area contributed by atoms with E-state index >= 15 is 0 Å². The molecule has 1 aromatic carbocycles. The van der Waals surface area contributed by atoms with Crippen molar-refractivity contribution in [2.24, 2.45) is 5.92 Å². The summed E-state index contributed by atoms with van der Waals surface area (Å²) in [6.45, 7) is 6.34. The van der Waals surface area contributed by atoms with E-state index in [1.54, 1.807) is 4.90 Å². The number of nitrogens with zero attached hydrogens (tertiary/aromatic N) is 1. The Morgan fingerprint density at radius 1 is 1.20 bits per heavy atom. The summed E-state index contributed by atoms with van der Waals surface area (Å²) in [7, 11) is 0. The Labute approximate surface area is 149 Å². The molecule has 0 saturated carbocycles. The first kappa shape index (κ1) is 19.2. The van der Waals surface area contributed by atoms with Crippen LogP contribution in [0.15, 0.2) is 30.3 Å². The van der Waals surface area contributed by atoms with Crippen molar-refractivity contribution in [3.63, 3.8) is 0 Å². The fraction of sp³-hybridized carbons (Fsp3) is 0.579. The van der Waals surface area contributed by atoms with Crippen molar-refractivity contribution in [1.29, 1.82) is 0 Å². The lowest BCUT2D eigenvalue weighted by atomic mass is 10.0. The van der Waals surface area contributed by atoms with E-state index in [0.717, 1.165) is 18.4 Å². The molecule has 1 atom stereocenters. The second-order valence-corrected chi connectivity index (χ2v) is 6.36. The predicted octanol–water partition coefficient (Wildman–Crippen LogP) is 2.58. The van der Waals surface area contributed by atoms with E-state index < -0.39 is 0 Å². The van der Waals surface area contributed by atoms with Crippen molar-refractivity contribution in [1.82, 2.24) is 10.2 Å². The Kier molecular flexibility index (Phi) is 7.73.